The second kappa shape index (κ2) is 6.04. The van der Waals surface area contributed by atoms with Crippen molar-refractivity contribution in [2.75, 3.05) is 7.05 Å². The van der Waals surface area contributed by atoms with Gasteiger partial charge in [0.05, 0.1) is 16.5 Å². The average Bonchev–Trinajstić information content (AvgIpc) is 2.92. The van der Waals surface area contributed by atoms with Crippen molar-refractivity contribution in [3.05, 3.63) is 70.0 Å². The number of fused-ring (bicyclic) bond motifs is 1. The van der Waals surface area contributed by atoms with Gasteiger partial charge in [-0.25, -0.2) is 9.59 Å². The molecule has 1 aromatic heterocycles. The maximum atomic E-state index is 12.5. The van der Waals surface area contributed by atoms with Gasteiger partial charge in [0.25, 0.3) is 5.56 Å². The molecule has 0 fully saturated rings. The van der Waals surface area contributed by atoms with Gasteiger partial charge < -0.3 is 10.0 Å². The third kappa shape index (κ3) is 2.67. The summed E-state index contributed by atoms with van der Waals surface area (Å²) in [5.41, 5.74) is 0.420. The third-order valence-electron chi connectivity index (χ3n) is 3.72. The quantitative estimate of drug-likeness (QED) is 0.771. The Bertz CT molecular complexity index is 972. The highest BCUT2D eigenvalue weighted by atomic mass is 16.4. The minimum absolute atomic E-state index is 0.00791. The molecule has 122 valence electrons. The van der Waals surface area contributed by atoms with Crippen molar-refractivity contribution in [3.8, 4) is 0 Å². The summed E-state index contributed by atoms with van der Waals surface area (Å²) in [5.74, 6) is -1.21. The Balaban J connectivity index is 1.99. The molecular weight excluding hydrogens is 310 g/mol. The molecule has 2 N–H and O–H groups in total. The van der Waals surface area contributed by atoms with Crippen LogP contribution in [-0.4, -0.2) is 38.8 Å². The topological polar surface area (TPSA) is 95.4 Å². The second-order valence-corrected chi connectivity index (χ2v) is 5.41. The van der Waals surface area contributed by atoms with Crippen molar-refractivity contribution in [2.24, 2.45) is 0 Å². The summed E-state index contributed by atoms with van der Waals surface area (Å²) < 4.78 is 0.833. The summed E-state index contributed by atoms with van der Waals surface area (Å²) in [4.78, 5) is 37.6. The lowest BCUT2D eigenvalue weighted by atomic mass is 10.1. The molecule has 0 saturated carbocycles. The second-order valence-electron chi connectivity index (χ2n) is 5.41. The first-order valence-electron chi connectivity index (χ1n) is 7.25. The van der Waals surface area contributed by atoms with Crippen LogP contribution < -0.4 is 5.56 Å². The van der Waals surface area contributed by atoms with Crippen molar-refractivity contribution in [2.45, 2.75) is 6.54 Å². The number of carboxylic acids is 1. The van der Waals surface area contributed by atoms with Crippen LogP contribution in [0, 0.1) is 0 Å². The van der Waals surface area contributed by atoms with Gasteiger partial charge in [0.1, 0.15) is 0 Å². The van der Waals surface area contributed by atoms with Gasteiger partial charge in [-0.2, -0.15) is 4.68 Å². The number of benzene rings is 2. The van der Waals surface area contributed by atoms with Crippen LogP contribution in [0.15, 0.2) is 53.3 Å². The summed E-state index contributed by atoms with van der Waals surface area (Å²) in [5, 5.41) is 11.9. The van der Waals surface area contributed by atoms with Gasteiger partial charge in [0, 0.05) is 13.6 Å². The molecule has 0 spiro atoms. The fraction of sp³-hybridized carbons (Fsp3) is 0.118. The van der Waals surface area contributed by atoms with E-state index in [0.717, 1.165) is 10.2 Å². The van der Waals surface area contributed by atoms with E-state index in [1.54, 1.807) is 13.1 Å². The summed E-state index contributed by atoms with van der Waals surface area (Å²) in [6, 6.07) is 13.2. The van der Waals surface area contributed by atoms with Gasteiger partial charge in [0.15, 0.2) is 0 Å². The number of hydrogen-bond acceptors (Lipinski definition) is 3. The van der Waals surface area contributed by atoms with Gasteiger partial charge in [0.2, 0.25) is 0 Å². The number of nitrogens with zero attached hydrogens (tertiary/aromatic N) is 2. The number of nitrogens with one attached hydrogen (secondary N) is 1. The van der Waals surface area contributed by atoms with E-state index in [1.165, 1.54) is 17.0 Å². The number of aromatic nitrogens is 2. The molecule has 3 rings (SSSR count). The number of carbonyl (C=O) groups is 2. The lowest BCUT2D eigenvalue weighted by Gasteiger charge is -2.16. The molecule has 7 nitrogen and oxygen atoms in total. The summed E-state index contributed by atoms with van der Waals surface area (Å²) in [6.07, 6.45) is 0. The zero-order valence-electron chi connectivity index (χ0n) is 12.9. The van der Waals surface area contributed by atoms with E-state index in [0.29, 0.717) is 12.1 Å². The molecule has 0 unspecified atom stereocenters. The van der Waals surface area contributed by atoms with Crippen molar-refractivity contribution in [1.82, 2.24) is 14.7 Å². The van der Waals surface area contributed by atoms with Crippen LogP contribution in [-0.2, 0) is 6.54 Å². The Morgan fingerprint density at radius 2 is 1.83 bits per heavy atom. The van der Waals surface area contributed by atoms with E-state index in [2.05, 4.69) is 5.10 Å². The molecule has 3 aromatic rings. The van der Waals surface area contributed by atoms with Crippen molar-refractivity contribution in [1.29, 1.82) is 0 Å². The Morgan fingerprint density at radius 3 is 2.50 bits per heavy atom. The lowest BCUT2D eigenvalue weighted by molar-refractivity contribution is 0.0699. The Hall–Kier alpha value is -3.35. The number of aromatic amines is 1. The maximum absolute atomic E-state index is 12.5. The van der Waals surface area contributed by atoms with Crippen LogP contribution >= 0.6 is 0 Å². The molecule has 0 saturated heterocycles. The number of hydrogen-bond donors (Lipinski definition) is 2. The van der Waals surface area contributed by atoms with E-state index in [4.69, 9.17) is 0 Å². The maximum Gasteiger partial charge on any atom is 0.346 e. The molecule has 0 bridgehead atoms. The van der Waals surface area contributed by atoms with Crippen LogP contribution in [0.5, 0.6) is 0 Å². The highest BCUT2D eigenvalue weighted by Crippen LogP contribution is 2.14. The van der Waals surface area contributed by atoms with Gasteiger partial charge in [-0.15, -0.1) is 0 Å². The minimum Gasteiger partial charge on any atom is -0.478 e. The number of amides is 1. The molecule has 1 heterocycles. The number of H-pyrrole nitrogens is 1. The van der Waals surface area contributed by atoms with Crippen LogP contribution in [0.2, 0.25) is 0 Å². The number of aromatic carboxylic acids is 1. The largest absolute Gasteiger partial charge is 0.478 e. The molecule has 2 aromatic carbocycles. The normalized spacial score (nSPS) is 10.7. The van der Waals surface area contributed by atoms with Crippen molar-refractivity contribution < 1.29 is 14.7 Å². The molecule has 0 aliphatic rings. The predicted octanol–water partition coefficient (Wildman–Crippen LogP) is 2.13. The van der Waals surface area contributed by atoms with Crippen LogP contribution in [0.25, 0.3) is 10.9 Å². The van der Waals surface area contributed by atoms with Crippen molar-refractivity contribution in [3.63, 3.8) is 0 Å². The van der Waals surface area contributed by atoms with E-state index in [1.807, 2.05) is 30.3 Å². The molecule has 0 radical (unpaired) electrons. The van der Waals surface area contributed by atoms with Crippen LogP contribution in [0.3, 0.4) is 0 Å². The van der Waals surface area contributed by atoms with E-state index >= 15 is 0 Å². The number of rotatable bonds is 3. The highest BCUT2D eigenvalue weighted by molar-refractivity contribution is 6.03. The smallest absolute Gasteiger partial charge is 0.346 e. The average molecular weight is 325 g/mol. The molecule has 0 atom stereocenters. The van der Waals surface area contributed by atoms with E-state index in [-0.39, 0.29) is 10.9 Å². The summed E-state index contributed by atoms with van der Waals surface area (Å²) in [7, 11) is 1.57. The first kappa shape index (κ1) is 15.5. The Morgan fingerprint density at radius 1 is 1.12 bits per heavy atom. The SMILES string of the molecule is CN(Cc1ccccc1)C(=O)n1[nH]c2cccc(C(=O)O)c2c1=O. The van der Waals surface area contributed by atoms with Gasteiger partial charge in [-0.1, -0.05) is 36.4 Å². The Labute approximate surface area is 136 Å². The molecule has 0 aliphatic carbocycles. The molecule has 0 aliphatic heterocycles. The molecular formula is C17H15N3O4. The standard InChI is InChI=1S/C17H15N3O4/c1-19(10-11-6-3-2-4-7-11)17(24)20-15(21)14-12(16(22)23)8-5-9-13(14)18-20/h2-9,18H,10H2,1H3,(H,22,23). The van der Waals surface area contributed by atoms with Crippen molar-refractivity contribution >= 4 is 22.9 Å². The minimum atomic E-state index is -1.21. The monoisotopic (exact) mass is 325 g/mol. The highest BCUT2D eigenvalue weighted by Gasteiger charge is 2.20. The molecule has 7 heteroatoms. The summed E-state index contributed by atoms with van der Waals surface area (Å²) in [6.45, 7) is 0.327. The number of carboxylic acid groups (broad SMARTS) is 1. The fourth-order valence-electron chi connectivity index (χ4n) is 2.57. The van der Waals surface area contributed by atoms with E-state index in [9.17, 15) is 19.5 Å². The summed E-state index contributed by atoms with van der Waals surface area (Å²) >= 11 is 0. The first-order chi connectivity index (χ1) is 11.5. The van der Waals surface area contributed by atoms with Crippen LogP contribution in [0.1, 0.15) is 15.9 Å². The molecule has 24 heavy (non-hydrogen) atoms. The van der Waals surface area contributed by atoms with Gasteiger partial charge in [-0.05, 0) is 17.7 Å². The molecule has 1 amide bonds. The predicted molar refractivity (Wildman–Crippen MR) is 88.2 cm³/mol. The fourth-order valence-corrected chi connectivity index (χ4v) is 2.57. The van der Waals surface area contributed by atoms with E-state index < -0.39 is 17.6 Å². The Kier molecular flexibility index (Phi) is 3.91. The van der Waals surface area contributed by atoms with Crippen LogP contribution in [0.4, 0.5) is 4.79 Å². The third-order valence-corrected chi connectivity index (χ3v) is 3.72. The first-order valence-corrected chi connectivity index (χ1v) is 7.25. The zero-order valence-corrected chi connectivity index (χ0v) is 12.9. The van der Waals surface area contributed by atoms with Gasteiger partial charge in [-0.3, -0.25) is 9.89 Å². The zero-order chi connectivity index (χ0) is 17.3. The lowest BCUT2D eigenvalue weighted by Crippen LogP contribution is -2.36. The number of carbonyl (C=O) groups excluding carboxylic acids is 1. The van der Waals surface area contributed by atoms with Gasteiger partial charge >= 0.3 is 12.0 Å².